The minimum absolute atomic E-state index is 0.139. The Morgan fingerprint density at radius 2 is 2.71 bits per heavy atom. The molecule has 0 aromatic heterocycles. The Morgan fingerprint density at radius 3 is 3.14 bits per heavy atom. The van der Waals surface area contributed by atoms with Crippen LogP contribution in [0, 0.1) is 0 Å². The topological polar surface area (TPSA) is 57.1 Å². The summed E-state index contributed by atoms with van der Waals surface area (Å²) in [5, 5.41) is 11.1. The predicted molar refractivity (Wildman–Crippen MR) is 23.2 cm³/mol. The van der Waals surface area contributed by atoms with E-state index in [9.17, 15) is 0 Å². The smallest absolute Gasteiger partial charge is 0.118 e. The molecule has 0 amide bonds. The molecule has 1 atom stereocenters. The molecule has 7 heavy (non-hydrogen) atoms. The lowest BCUT2D eigenvalue weighted by molar-refractivity contribution is 0.172. The number of ether oxygens (including phenoxy) is 1. The van der Waals surface area contributed by atoms with Crippen LogP contribution in [-0.2, 0) is 4.74 Å². The van der Waals surface area contributed by atoms with Crippen LogP contribution in [0.25, 0.3) is 0 Å². The molecule has 1 unspecified atom stereocenters. The average molecular weight is 102 g/mol. The average Bonchev–Trinajstić information content (AvgIpc) is 2.42. The van der Waals surface area contributed by atoms with E-state index in [0.717, 1.165) is 6.61 Å². The third-order valence-electron chi connectivity index (χ3n) is 0.658. The fourth-order valence-corrected chi connectivity index (χ4v) is 0.258. The molecule has 1 aliphatic heterocycles. The van der Waals surface area contributed by atoms with Crippen molar-refractivity contribution in [3.05, 3.63) is 0 Å². The molecule has 0 bridgehead atoms. The maximum Gasteiger partial charge on any atom is 0.118 e. The monoisotopic (exact) mass is 102 g/mol. The van der Waals surface area contributed by atoms with Crippen molar-refractivity contribution in [2.45, 2.75) is 6.10 Å². The first-order valence-electron chi connectivity index (χ1n) is 1.97. The van der Waals surface area contributed by atoms with Gasteiger partial charge in [-0.1, -0.05) is 0 Å². The van der Waals surface area contributed by atoms with Crippen molar-refractivity contribution in [3.63, 3.8) is 0 Å². The van der Waals surface area contributed by atoms with Crippen molar-refractivity contribution < 1.29 is 9.94 Å². The Labute approximate surface area is 40.7 Å². The van der Waals surface area contributed by atoms with Gasteiger partial charge < -0.3 is 4.74 Å². The third-order valence-corrected chi connectivity index (χ3v) is 0.658. The van der Waals surface area contributed by atoms with Crippen LogP contribution < -0.4 is 5.59 Å². The molecule has 1 saturated heterocycles. The highest BCUT2D eigenvalue weighted by Crippen LogP contribution is 2.03. The SMILES string of the molecule is ON/N=C/C1CO1. The first-order chi connectivity index (χ1) is 3.43. The van der Waals surface area contributed by atoms with Crippen molar-refractivity contribution in [2.24, 2.45) is 5.10 Å². The molecule has 1 fully saturated rings. The van der Waals surface area contributed by atoms with Gasteiger partial charge in [0.1, 0.15) is 6.10 Å². The van der Waals surface area contributed by atoms with Gasteiger partial charge in [-0.25, -0.2) is 0 Å². The molecule has 0 saturated carbocycles. The third kappa shape index (κ3) is 1.52. The highest BCUT2D eigenvalue weighted by Gasteiger charge is 2.18. The van der Waals surface area contributed by atoms with Crippen LogP contribution in [-0.4, -0.2) is 24.1 Å². The lowest BCUT2D eigenvalue weighted by Gasteiger charge is -1.78. The van der Waals surface area contributed by atoms with Gasteiger partial charge in [-0.2, -0.15) is 10.7 Å². The van der Waals surface area contributed by atoms with E-state index in [4.69, 9.17) is 9.94 Å². The Balaban J connectivity index is 2.05. The van der Waals surface area contributed by atoms with Crippen molar-refractivity contribution in [1.82, 2.24) is 5.59 Å². The molecule has 0 spiro atoms. The van der Waals surface area contributed by atoms with Crippen LogP contribution in [0.2, 0.25) is 0 Å². The summed E-state index contributed by atoms with van der Waals surface area (Å²) >= 11 is 0. The van der Waals surface area contributed by atoms with Crippen molar-refractivity contribution in [1.29, 1.82) is 0 Å². The molecule has 0 aliphatic carbocycles. The van der Waals surface area contributed by atoms with Crippen molar-refractivity contribution in [2.75, 3.05) is 6.61 Å². The Hall–Kier alpha value is -0.610. The van der Waals surface area contributed by atoms with Gasteiger partial charge in [-0.05, 0) is 0 Å². The number of hydrazone groups is 1. The number of rotatable bonds is 2. The van der Waals surface area contributed by atoms with Crippen molar-refractivity contribution >= 4 is 6.21 Å². The molecule has 4 nitrogen and oxygen atoms in total. The van der Waals surface area contributed by atoms with Crippen molar-refractivity contribution in [3.8, 4) is 0 Å². The van der Waals surface area contributed by atoms with E-state index in [0.29, 0.717) is 0 Å². The zero-order chi connectivity index (χ0) is 5.11. The quantitative estimate of drug-likeness (QED) is 0.277. The van der Waals surface area contributed by atoms with E-state index in [-0.39, 0.29) is 6.10 Å². The van der Waals surface area contributed by atoms with Crippen LogP contribution >= 0.6 is 0 Å². The number of nitrogens with one attached hydrogen (secondary N) is 1. The summed E-state index contributed by atoms with van der Waals surface area (Å²) in [4.78, 5) is 0. The zero-order valence-electron chi connectivity index (χ0n) is 3.66. The molecule has 1 heterocycles. The zero-order valence-corrected chi connectivity index (χ0v) is 3.66. The molecule has 2 N–H and O–H groups in total. The van der Waals surface area contributed by atoms with Gasteiger partial charge in [0.2, 0.25) is 0 Å². The van der Waals surface area contributed by atoms with Gasteiger partial charge in [0.15, 0.2) is 0 Å². The van der Waals surface area contributed by atoms with Crippen LogP contribution in [0.4, 0.5) is 0 Å². The second kappa shape index (κ2) is 1.90. The first-order valence-corrected chi connectivity index (χ1v) is 1.97. The van der Waals surface area contributed by atoms with Gasteiger partial charge in [-0.15, -0.1) is 0 Å². The van der Waals surface area contributed by atoms with E-state index in [2.05, 4.69) is 5.10 Å². The summed E-state index contributed by atoms with van der Waals surface area (Å²) in [6.07, 6.45) is 1.64. The van der Waals surface area contributed by atoms with Crippen LogP contribution in [0.3, 0.4) is 0 Å². The normalized spacial score (nSPS) is 28.4. The van der Waals surface area contributed by atoms with E-state index < -0.39 is 0 Å². The van der Waals surface area contributed by atoms with Crippen LogP contribution in [0.5, 0.6) is 0 Å². The predicted octanol–water partition coefficient (Wildman–Crippen LogP) is -0.650. The highest BCUT2D eigenvalue weighted by atomic mass is 16.6. The Bertz CT molecular complexity index is 79.0. The molecule has 0 radical (unpaired) electrons. The van der Waals surface area contributed by atoms with E-state index in [1.807, 2.05) is 0 Å². The van der Waals surface area contributed by atoms with Gasteiger partial charge in [-0.3, -0.25) is 5.21 Å². The molecule has 0 aromatic rings. The number of hydrogen-bond acceptors (Lipinski definition) is 4. The Kier molecular flexibility index (Phi) is 1.24. The minimum Gasteiger partial charge on any atom is -0.367 e. The molecule has 1 aliphatic rings. The summed E-state index contributed by atoms with van der Waals surface area (Å²) in [5.41, 5.74) is 1.63. The summed E-state index contributed by atoms with van der Waals surface area (Å²) < 4.78 is 4.71. The number of nitrogens with zero attached hydrogens (tertiary/aromatic N) is 1. The molecule has 40 valence electrons. The minimum atomic E-state index is 0.139. The number of epoxide rings is 1. The molecule has 1 rings (SSSR count). The molecule has 4 heteroatoms. The van der Waals surface area contributed by atoms with Gasteiger partial charge in [0, 0.05) is 0 Å². The second-order valence-corrected chi connectivity index (χ2v) is 1.25. The van der Waals surface area contributed by atoms with Crippen LogP contribution in [0.15, 0.2) is 5.10 Å². The second-order valence-electron chi connectivity index (χ2n) is 1.25. The van der Waals surface area contributed by atoms with E-state index >= 15 is 0 Å². The largest absolute Gasteiger partial charge is 0.367 e. The summed E-state index contributed by atoms with van der Waals surface area (Å²) in [6, 6.07) is 0. The van der Waals surface area contributed by atoms with Crippen LogP contribution in [0.1, 0.15) is 0 Å². The van der Waals surface area contributed by atoms with E-state index in [1.54, 1.807) is 5.59 Å². The van der Waals surface area contributed by atoms with Gasteiger partial charge in [0.05, 0.1) is 12.8 Å². The summed E-state index contributed by atoms with van der Waals surface area (Å²) in [6.45, 7) is 0.727. The van der Waals surface area contributed by atoms with Gasteiger partial charge in [0.25, 0.3) is 0 Å². The lowest BCUT2D eigenvalue weighted by atomic mass is 10.5. The maximum absolute atomic E-state index is 7.84. The summed E-state index contributed by atoms with van der Waals surface area (Å²) in [7, 11) is 0. The molecular formula is C3H6N2O2. The number of hydrogen-bond donors (Lipinski definition) is 2. The fourth-order valence-electron chi connectivity index (χ4n) is 0.258. The maximum atomic E-state index is 7.84. The lowest BCUT2D eigenvalue weighted by Crippen LogP contribution is -1.97. The molecular weight excluding hydrogens is 96.0 g/mol. The van der Waals surface area contributed by atoms with Gasteiger partial charge >= 0.3 is 0 Å². The fraction of sp³-hybridized carbons (Fsp3) is 0.667. The highest BCUT2D eigenvalue weighted by molar-refractivity contribution is 5.65. The molecule has 0 aromatic carbocycles. The van der Waals surface area contributed by atoms with E-state index in [1.165, 1.54) is 6.21 Å². The standard InChI is InChI=1S/C3H6N2O2/c6-5-4-1-3-2-7-3/h1,3,5-6H,2H2/b4-1+. The Morgan fingerprint density at radius 1 is 2.00 bits per heavy atom. The first kappa shape index (κ1) is 4.55. The summed E-state index contributed by atoms with van der Waals surface area (Å²) in [5.74, 6) is 0.